The molecular weight excluding hydrogens is 340 g/mol. The second kappa shape index (κ2) is 6.07. The predicted octanol–water partition coefficient (Wildman–Crippen LogP) is 2.37. The number of nitrogens with zero attached hydrogens (tertiary/aromatic N) is 2. The lowest BCUT2D eigenvalue weighted by molar-refractivity contribution is -0.142. The van der Waals surface area contributed by atoms with Crippen molar-refractivity contribution >= 4 is 38.5 Å². The molecule has 1 saturated heterocycles. The Morgan fingerprint density at radius 1 is 1.35 bits per heavy atom. The first kappa shape index (κ1) is 16.2. The van der Waals surface area contributed by atoms with Gasteiger partial charge in [0.1, 0.15) is 4.90 Å². The number of aliphatic carboxylic acids is 1. The summed E-state index contributed by atoms with van der Waals surface area (Å²) < 4.78 is 27.1. The number of hydrogen-bond acceptors (Lipinski definition) is 4. The number of aromatic nitrogens is 1. The van der Waals surface area contributed by atoms with E-state index in [-0.39, 0.29) is 11.4 Å². The van der Waals surface area contributed by atoms with Gasteiger partial charge in [0.25, 0.3) is 0 Å². The number of halogens is 1. The highest BCUT2D eigenvalue weighted by Gasteiger charge is 2.34. The molecule has 0 radical (unpaired) electrons. The lowest BCUT2D eigenvalue weighted by atomic mass is 10.0. The molecule has 1 aromatic carbocycles. The Morgan fingerprint density at radius 3 is 2.87 bits per heavy atom. The van der Waals surface area contributed by atoms with Gasteiger partial charge in [-0.3, -0.25) is 9.78 Å². The number of carboxylic acid groups (broad SMARTS) is 1. The third-order valence-corrected chi connectivity index (χ3v) is 6.26. The molecule has 2 aromatic rings. The van der Waals surface area contributed by atoms with Gasteiger partial charge < -0.3 is 5.11 Å². The summed E-state index contributed by atoms with van der Waals surface area (Å²) in [6.07, 6.45) is 2.47. The number of rotatable bonds is 3. The molecule has 0 bridgehead atoms. The van der Waals surface area contributed by atoms with Crippen LogP contribution in [0.4, 0.5) is 0 Å². The summed E-state index contributed by atoms with van der Waals surface area (Å²) in [5.41, 5.74) is 0.303. The standard InChI is InChI=1S/C15H15ClN2O4S/c16-12-6-7-17-14-11(12)4-1-5-13(14)23(21,22)18-8-2-3-10(9-18)15(19)20/h1,4-7,10H,2-3,8-9H2,(H,19,20). The Labute approximate surface area is 138 Å². The van der Waals surface area contributed by atoms with E-state index in [2.05, 4.69) is 4.98 Å². The van der Waals surface area contributed by atoms with E-state index in [4.69, 9.17) is 16.7 Å². The van der Waals surface area contributed by atoms with Crippen molar-refractivity contribution in [2.24, 2.45) is 5.92 Å². The van der Waals surface area contributed by atoms with Crippen molar-refractivity contribution in [2.45, 2.75) is 17.7 Å². The number of hydrogen-bond donors (Lipinski definition) is 1. The summed E-state index contributed by atoms with van der Waals surface area (Å²) in [6.45, 7) is 0.289. The third-order valence-electron chi connectivity index (χ3n) is 4.03. The Morgan fingerprint density at radius 2 is 2.13 bits per heavy atom. The van der Waals surface area contributed by atoms with Gasteiger partial charge in [0.2, 0.25) is 10.0 Å². The van der Waals surface area contributed by atoms with Crippen LogP contribution in [0.1, 0.15) is 12.8 Å². The van der Waals surface area contributed by atoms with Gasteiger partial charge in [0, 0.05) is 24.7 Å². The topological polar surface area (TPSA) is 87.6 Å². The number of sulfonamides is 1. The lowest BCUT2D eigenvalue weighted by Crippen LogP contribution is -2.42. The average molecular weight is 355 g/mol. The monoisotopic (exact) mass is 354 g/mol. The summed E-state index contributed by atoms with van der Waals surface area (Å²) in [4.78, 5) is 15.4. The van der Waals surface area contributed by atoms with Crippen LogP contribution in [0, 0.1) is 5.92 Å². The highest BCUT2D eigenvalue weighted by atomic mass is 35.5. The largest absolute Gasteiger partial charge is 0.481 e. The Bertz CT molecular complexity index is 869. The van der Waals surface area contributed by atoms with Gasteiger partial charge in [-0.2, -0.15) is 4.31 Å². The number of fused-ring (bicyclic) bond motifs is 1. The summed E-state index contributed by atoms with van der Waals surface area (Å²) in [5, 5.41) is 10.1. The number of benzene rings is 1. The maximum absolute atomic E-state index is 12.9. The zero-order valence-electron chi connectivity index (χ0n) is 12.1. The summed E-state index contributed by atoms with van der Waals surface area (Å²) in [5.74, 6) is -1.64. The first-order valence-corrected chi connectivity index (χ1v) is 8.99. The quantitative estimate of drug-likeness (QED) is 0.914. The fourth-order valence-corrected chi connectivity index (χ4v) is 4.71. The van der Waals surface area contributed by atoms with Crippen molar-refractivity contribution in [3.63, 3.8) is 0 Å². The van der Waals surface area contributed by atoms with Gasteiger partial charge in [-0.05, 0) is 25.0 Å². The molecule has 6 nitrogen and oxygen atoms in total. The zero-order chi connectivity index (χ0) is 16.6. The maximum atomic E-state index is 12.9. The van der Waals surface area contributed by atoms with Crippen LogP contribution in [-0.2, 0) is 14.8 Å². The van der Waals surface area contributed by atoms with Crippen molar-refractivity contribution in [3.8, 4) is 0 Å². The molecule has 1 N–H and O–H groups in total. The molecule has 2 heterocycles. The number of carbonyl (C=O) groups is 1. The first-order chi connectivity index (χ1) is 10.9. The third kappa shape index (κ3) is 2.91. The fraction of sp³-hybridized carbons (Fsp3) is 0.333. The van der Waals surface area contributed by atoms with Gasteiger partial charge in [0.15, 0.2) is 0 Å². The van der Waals surface area contributed by atoms with Crippen molar-refractivity contribution in [1.82, 2.24) is 9.29 Å². The second-order valence-corrected chi connectivity index (χ2v) is 7.80. The van der Waals surface area contributed by atoms with Crippen LogP contribution in [-0.4, -0.2) is 41.9 Å². The minimum atomic E-state index is -3.82. The molecule has 122 valence electrons. The summed E-state index contributed by atoms with van der Waals surface area (Å²) >= 11 is 6.10. The second-order valence-electron chi connectivity index (χ2n) is 5.49. The first-order valence-electron chi connectivity index (χ1n) is 7.17. The fourth-order valence-electron chi connectivity index (χ4n) is 2.82. The van der Waals surface area contributed by atoms with E-state index in [1.165, 1.54) is 16.6 Å². The molecule has 1 unspecified atom stereocenters. The van der Waals surface area contributed by atoms with E-state index >= 15 is 0 Å². The van der Waals surface area contributed by atoms with E-state index in [1.807, 2.05) is 0 Å². The average Bonchev–Trinajstić information content (AvgIpc) is 2.55. The molecule has 1 aromatic heterocycles. The molecule has 3 rings (SSSR count). The van der Waals surface area contributed by atoms with Gasteiger partial charge in [0.05, 0.1) is 16.5 Å². The van der Waals surface area contributed by atoms with Crippen LogP contribution in [0.15, 0.2) is 35.4 Å². The Kier molecular flexibility index (Phi) is 4.27. The molecule has 1 fully saturated rings. The van der Waals surface area contributed by atoms with E-state index in [0.717, 1.165) is 0 Å². The molecule has 1 aliphatic heterocycles. The van der Waals surface area contributed by atoms with Crippen LogP contribution in [0.3, 0.4) is 0 Å². The number of carboxylic acids is 1. The molecule has 23 heavy (non-hydrogen) atoms. The van der Waals surface area contributed by atoms with Crippen molar-refractivity contribution in [1.29, 1.82) is 0 Å². The minimum absolute atomic E-state index is 0.0192. The Hall–Kier alpha value is -1.70. The molecule has 0 aliphatic carbocycles. The van der Waals surface area contributed by atoms with Crippen LogP contribution < -0.4 is 0 Å². The molecule has 0 amide bonds. The predicted molar refractivity (Wildman–Crippen MR) is 85.9 cm³/mol. The van der Waals surface area contributed by atoms with Gasteiger partial charge in [-0.1, -0.05) is 23.7 Å². The van der Waals surface area contributed by atoms with Crippen LogP contribution in [0.5, 0.6) is 0 Å². The van der Waals surface area contributed by atoms with Crippen molar-refractivity contribution in [2.75, 3.05) is 13.1 Å². The normalized spacial score (nSPS) is 19.8. The zero-order valence-corrected chi connectivity index (χ0v) is 13.7. The van der Waals surface area contributed by atoms with E-state index in [0.29, 0.717) is 35.3 Å². The van der Waals surface area contributed by atoms with E-state index in [1.54, 1.807) is 18.2 Å². The van der Waals surface area contributed by atoms with Crippen molar-refractivity contribution < 1.29 is 18.3 Å². The molecule has 1 atom stereocenters. The highest BCUT2D eigenvalue weighted by molar-refractivity contribution is 7.89. The van der Waals surface area contributed by atoms with Gasteiger partial charge in [-0.15, -0.1) is 0 Å². The van der Waals surface area contributed by atoms with Crippen LogP contribution >= 0.6 is 11.6 Å². The van der Waals surface area contributed by atoms with Crippen LogP contribution in [0.25, 0.3) is 10.9 Å². The minimum Gasteiger partial charge on any atom is -0.481 e. The van der Waals surface area contributed by atoms with Crippen LogP contribution in [0.2, 0.25) is 5.02 Å². The number of piperidine rings is 1. The van der Waals surface area contributed by atoms with E-state index < -0.39 is 21.9 Å². The summed E-state index contributed by atoms with van der Waals surface area (Å²) in [6, 6.07) is 6.40. The molecular formula is C15H15ClN2O4S. The maximum Gasteiger partial charge on any atom is 0.307 e. The van der Waals surface area contributed by atoms with Gasteiger partial charge in [-0.25, -0.2) is 8.42 Å². The van der Waals surface area contributed by atoms with Crippen molar-refractivity contribution in [3.05, 3.63) is 35.5 Å². The lowest BCUT2D eigenvalue weighted by Gasteiger charge is -2.30. The van der Waals surface area contributed by atoms with Gasteiger partial charge >= 0.3 is 5.97 Å². The molecule has 1 aliphatic rings. The molecule has 0 spiro atoms. The molecule has 8 heteroatoms. The SMILES string of the molecule is O=C(O)C1CCCN(S(=O)(=O)c2cccc3c(Cl)ccnc23)C1. The molecule has 0 saturated carbocycles. The highest BCUT2D eigenvalue weighted by Crippen LogP contribution is 2.30. The smallest absolute Gasteiger partial charge is 0.307 e. The number of pyridine rings is 1. The number of para-hydroxylation sites is 1. The summed E-state index contributed by atoms with van der Waals surface area (Å²) in [7, 11) is -3.82. The Balaban J connectivity index is 2.07. The van der Waals surface area contributed by atoms with E-state index in [9.17, 15) is 13.2 Å².